The molecule has 0 aliphatic carbocycles. The molecule has 2 nitrogen and oxygen atoms in total. The van der Waals surface area contributed by atoms with Gasteiger partial charge in [0.1, 0.15) is 0 Å². The largest absolute Gasteiger partial charge is 0.228 e. The van der Waals surface area contributed by atoms with E-state index in [2.05, 4.69) is 82.7 Å². The summed E-state index contributed by atoms with van der Waals surface area (Å²) >= 11 is 3.51. The van der Waals surface area contributed by atoms with Crippen molar-refractivity contribution in [1.29, 1.82) is 0 Å². The highest BCUT2D eigenvalue weighted by Gasteiger charge is 2.11. The Balaban J connectivity index is 1.60. The smallest absolute Gasteiger partial charge is 0.160 e. The third-order valence-electron chi connectivity index (χ3n) is 5.19. The normalized spacial score (nSPS) is 10.7. The SMILES string of the molecule is Brc1ccc(-c2nc(-c3ccccc3)cc(-c3ccc(-c4ccccc4)cc3)n2)cc1. The minimum atomic E-state index is 0.719. The maximum Gasteiger partial charge on any atom is 0.160 e. The quantitative estimate of drug-likeness (QED) is 0.271. The van der Waals surface area contributed by atoms with Gasteiger partial charge >= 0.3 is 0 Å². The summed E-state index contributed by atoms with van der Waals surface area (Å²) in [7, 11) is 0. The van der Waals surface area contributed by atoms with Gasteiger partial charge in [0.15, 0.2) is 5.82 Å². The lowest BCUT2D eigenvalue weighted by atomic mass is 10.0. The van der Waals surface area contributed by atoms with E-state index in [4.69, 9.17) is 9.97 Å². The van der Waals surface area contributed by atoms with Crippen LogP contribution in [0.4, 0.5) is 0 Å². The molecule has 1 heterocycles. The Morgan fingerprint density at radius 2 is 0.839 bits per heavy atom. The third kappa shape index (κ3) is 4.32. The second-order valence-corrected chi connectivity index (χ2v) is 8.19. The van der Waals surface area contributed by atoms with Gasteiger partial charge in [-0.1, -0.05) is 113 Å². The van der Waals surface area contributed by atoms with Crippen molar-refractivity contribution < 1.29 is 0 Å². The lowest BCUT2D eigenvalue weighted by Gasteiger charge is -2.10. The monoisotopic (exact) mass is 462 g/mol. The number of hydrogen-bond donors (Lipinski definition) is 0. The highest BCUT2D eigenvalue weighted by Crippen LogP contribution is 2.29. The van der Waals surface area contributed by atoms with Crippen molar-refractivity contribution in [2.75, 3.05) is 0 Å². The average Bonchev–Trinajstić information content (AvgIpc) is 2.85. The van der Waals surface area contributed by atoms with Gasteiger partial charge < -0.3 is 0 Å². The van der Waals surface area contributed by atoms with Gasteiger partial charge in [-0.3, -0.25) is 0 Å². The summed E-state index contributed by atoms with van der Waals surface area (Å²) in [6, 6.07) is 39.4. The van der Waals surface area contributed by atoms with Crippen LogP contribution in [0.15, 0.2) is 120 Å². The lowest BCUT2D eigenvalue weighted by molar-refractivity contribution is 1.18. The number of aromatic nitrogens is 2. The Hall–Kier alpha value is -3.56. The highest BCUT2D eigenvalue weighted by atomic mass is 79.9. The first kappa shape index (κ1) is 19.4. The van der Waals surface area contributed by atoms with Crippen LogP contribution in [-0.2, 0) is 0 Å². The molecule has 0 saturated carbocycles. The number of halogens is 1. The molecule has 0 saturated heterocycles. The van der Waals surface area contributed by atoms with E-state index in [-0.39, 0.29) is 0 Å². The second-order valence-electron chi connectivity index (χ2n) is 7.28. The van der Waals surface area contributed by atoms with E-state index in [0.717, 1.165) is 38.4 Å². The minimum absolute atomic E-state index is 0.719. The molecular formula is C28H19BrN2. The third-order valence-corrected chi connectivity index (χ3v) is 5.71. The van der Waals surface area contributed by atoms with Gasteiger partial charge in [-0.25, -0.2) is 9.97 Å². The minimum Gasteiger partial charge on any atom is -0.228 e. The molecule has 1 aromatic heterocycles. The predicted octanol–water partition coefficient (Wildman–Crippen LogP) is 7.91. The summed E-state index contributed by atoms with van der Waals surface area (Å²) in [5.74, 6) is 0.719. The molecule has 0 bridgehead atoms. The van der Waals surface area contributed by atoms with Crippen LogP contribution in [0.25, 0.3) is 45.0 Å². The Kier molecular flexibility index (Phi) is 5.42. The summed E-state index contributed by atoms with van der Waals surface area (Å²) < 4.78 is 1.03. The van der Waals surface area contributed by atoms with Gasteiger partial charge in [-0.05, 0) is 29.3 Å². The van der Waals surface area contributed by atoms with Crippen LogP contribution >= 0.6 is 15.9 Å². The van der Waals surface area contributed by atoms with Crippen molar-refractivity contribution in [2.24, 2.45) is 0 Å². The first-order chi connectivity index (χ1) is 15.3. The van der Waals surface area contributed by atoms with E-state index in [1.807, 2.05) is 48.5 Å². The van der Waals surface area contributed by atoms with E-state index in [1.165, 1.54) is 11.1 Å². The van der Waals surface area contributed by atoms with Crippen molar-refractivity contribution in [3.63, 3.8) is 0 Å². The fraction of sp³-hybridized carbons (Fsp3) is 0. The molecular weight excluding hydrogens is 444 g/mol. The maximum absolute atomic E-state index is 4.91. The van der Waals surface area contributed by atoms with Crippen molar-refractivity contribution in [1.82, 2.24) is 9.97 Å². The van der Waals surface area contributed by atoms with Crippen LogP contribution in [0.1, 0.15) is 0 Å². The maximum atomic E-state index is 4.91. The molecule has 5 rings (SSSR count). The molecule has 0 radical (unpaired) electrons. The number of nitrogens with zero attached hydrogens (tertiary/aromatic N) is 2. The Morgan fingerprint density at radius 3 is 1.42 bits per heavy atom. The molecule has 3 heteroatoms. The van der Waals surface area contributed by atoms with Crippen molar-refractivity contribution in [2.45, 2.75) is 0 Å². The van der Waals surface area contributed by atoms with Gasteiger partial charge in [0, 0.05) is 21.2 Å². The van der Waals surface area contributed by atoms with Gasteiger partial charge in [0.05, 0.1) is 11.4 Å². The van der Waals surface area contributed by atoms with Crippen LogP contribution in [-0.4, -0.2) is 9.97 Å². The highest BCUT2D eigenvalue weighted by molar-refractivity contribution is 9.10. The molecule has 148 valence electrons. The average molecular weight is 463 g/mol. The van der Waals surface area contributed by atoms with Crippen LogP contribution in [0, 0.1) is 0 Å². The molecule has 5 aromatic rings. The van der Waals surface area contributed by atoms with Crippen molar-refractivity contribution in [3.8, 4) is 45.0 Å². The molecule has 0 aliphatic rings. The summed E-state index contributed by atoms with van der Waals surface area (Å²) in [5.41, 5.74) is 7.35. The standard InChI is InChI=1S/C28H19BrN2/c29-25-17-15-24(16-18-25)28-30-26(22-9-5-2-6-10-22)19-27(31-28)23-13-11-21(12-14-23)20-7-3-1-4-8-20/h1-19H. The topological polar surface area (TPSA) is 25.8 Å². The van der Waals surface area contributed by atoms with Gasteiger partial charge in [0.2, 0.25) is 0 Å². The molecule has 0 unspecified atom stereocenters. The second kappa shape index (κ2) is 8.66. The van der Waals surface area contributed by atoms with E-state index in [1.54, 1.807) is 0 Å². The zero-order valence-electron chi connectivity index (χ0n) is 16.7. The first-order valence-electron chi connectivity index (χ1n) is 10.1. The zero-order valence-corrected chi connectivity index (χ0v) is 18.3. The van der Waals surface area contributed by atoms with E-state index in [0.29, 0.717) is 0 Å². The fourth-order valence-electron chi connectivity index (χ4n) is 3.54. The summed E-state index contributed by atoms with van der Waals surface area (Å²) in [5, 5.41) is 0. The van der Waals surface area contributed by atoms with Gasteiger partial charge in [0.25, 0.3) is 0 Å². The number of benzene rings is 4. The van der Waals surface area contributed by atoms with E-state index in [9.17, 15) is 0 Å². The molecule has 0 amide bonds. The van der Waals surface area contributed by atoms with E-state index >= 15 is 0 Å². The predicted molar refractivity (Wildman–Crippen MR) is 131 cm³/mol. The number of hydrogen-bond acceptors (Lipinski definition) is 2. The molecule has 0 N–H and O–H groups in total. The van der Waals surface area contributed by atoms with Gasteiger partial charge in [-0.15, -0.1) is 0 Å². The van der Waals surface area contributed by atoms with Crippen molar-refractivity contribution >= 4 is 15.9 Å². The summed E-state index contributed by atoms with van der Waals surface area (Å²) in [6.45, 7) is 0. The summed E-state index contributed by atoms with van der Waals surface area (Å²) in [4.78, 5) is 9.77. The van der Waals surface area contributed by atoms with Crippen LogP contribution in [0.5, 0.6) is 0 Å². The first-order valence-corrected chi connectivity index (χ1v) is 10.9. The zero-order chi connectivity index (χ0) is 21.0. The van der Waals surface area contributed by atoms with E-state index < -0.39 is 0 Å². The van der Waals surface area contributed by atoms with Crippen LogP contribution < -0.4 is 0 Å². The molecule has 0 spiro atoms. The lowest BCUT2D eigenvalue weighted by Crippen LogP contribution is -1.95. The van der Waals surface area contributed by atoms with Crippen molar-refractivity contribution in [3.05, 3.63) is 120 Å². The molecule has 4 aromatic carbocycles. The Morgan fingerprint density at radius 1 is 0.419 bits per heavy atom. The Bertz CT molecular complexity index is 1300. The molecule has 31 heavy (non-hydrogen) atoms. The number of rotatable bonds is 4. The van der Waals surface area contributed by atoms with Crippen LogP contribution in [0.2, 0.25) is 0 Å². The Labute approximate surface area is 190 Å². The summed E-state index contributed by atoms with van der Waals surface area (Å²) in [6.07, 6.45) is 0. The molecule has 0 aliphatic heterocycles. The molecule has 0 fully saturated rings. The van der Waals surface area contributed by atoms with Gasteiger partial charge in [-0.2, -0.15) is 0 Å². The molecule has 0 atom stereocenters. The van der Waals surface area contributed by atoms with Crippen LogP contribution in [0.3, 0.4) is 0 Å². The fourth-order valence-corrected chi connectivity index (χ4v) is 3.81.